The molecule has 0 aliphatic heterocycles. The molecule has 0 bridgehead atoms. The van der Waals surface area contributed by atoms with E-state index in [0.717, 1.165) is 22.9 Å². The van der Waals surface area contributed by atoms with Gasteiger partial charge in [-0.25, -0.2) is 26.3 Å². The highest BCUT2D eigenvalue weighted by Crippen LogP contribution is 2.37. The number of aliphatic hydroxyl groups excluding tert-OH is 1. The number of halogens is 9. The molecule has 18 nitrogen and oxygen atoms in total. The molecule has 27 heteroatoms. The van der Waals surface area contributed by atoms with E-state index >= 15 is 0 Å². The fraction of sp³-hybridized carbons (Fsp3) is 0.292. The summed E-state index contributed by atoms with van der Waals surface area (Å²) in [7, 11) is 6.89. The van der Waals surface area contributed by atoms with E-state index in [1.807, 2.05) is 6.20 Å². The average molecular weight is 1180 g/mol. The Morgan fingerprint density at radius 1 is 0.640 bits per heavy atom. The zero-order valence-corrected chi connectivity index (χ0v) is 43.6. The van der Waals surface area contributed by atoms with Crippen LogP contribution in [0, 0.1) is 37.7 Å². The summed E-state index contributed by atoms with van der Waals surface area (Å²) in [6.45, 7) is 3.21. The second-order valence-corrected chi connectivity index (χ2v) is 18.6. The highest BCUT2D eigenvalue weighted by Gasteiger charge is 2.26. The van der Waals surface area contributed by atoms with Crippen molar-refractivity contribution in [2.24, 2.45) is 28.2 Å². The minimum Gasteiger partial charge on any atom is -0.478 e. The molecule has 2 aromatic carbocycles. The molecule has 0 aliphatic rings. The molecule has 0 saturated carbocycles. The molecule has 0 radical (unpaired) electrons. The SMILES string of the molecule is C[C@@H](O)c1cc(F)ccc1-c1nn(C)cc1Cc1cc(CC(F)F)nn1C.C[C@@H](Oc1cc(Br)cnc1[N+](=O)[O-])c1cc(F)ccc1-c1nn(C)cc1Cc1cc(CC(F)F)nn1C.O=[N+]([O-])c1ncc(Br)cc1F. The molecule has 75 heavy (non-hydrogen) atoms. The van der Waals surface area contributed by atoms with Gasteiger partial charge in [-0.15, -0.1) is 0 Å². The summed E-state index contributed by atoms with van der Waals surface area (Å²) < 4.78 is 105. The molecule has 0 spiro atoms. The van der Waals surface area contributed by atoms with Crippen LogP contribution in [0.2, 0.25) is 0 Å². The molecule has 0 unspecified atom stereocenters. The first-order chi connectivity index (χ1) is 35.4. The standard InChI is InChI=1S/C24H22BrF3N6O3.C19H21F3N4O.C5H2BrFN2O2/c1-13(37-21-7-15(25)11-29-24(21)34(35)36)20-8-16(26)4-5-19(20)23-14(12-32(2)31-23)6-18-9-17(10-22(27)28)30-33(18)3;1-11(27)17-7-13(20)4-5-16(17)19-12(10-25(2)24-19)6-15-8-14(9-18(21)22)23-26(15)3;6-3-1-4(7)5(8-2-3)9(10)11/h4-5,7-9,11-13,22H,6,10H2,1-3H3;4-5,7-8,10-11,18,27H,6,9H2,1-3H3;1-2H/t13-;11-;/m11./s1. The van der Waals surface area contributed by atoms with Gasteiger partial charge in [-0.1, -0.05) is 0 Å². The van der Waals surface area contributed by atoms with Gasteiger partial charge in [0, 0.05) is 105 Å². The molecule has 6 aromatic heterocycles. The van der Waals surface area contributed by atoms with E-state index in [0.29, 0.717) is 66.8 Å². The molecule has 8 aromatic rings. The summed E-state index contributed by atoms with van der Waals surface area (Å²) >= 11 is 6.15. The second kappa shape index (κ2) is 24.8. The molecule has 1 N–H and O–H groups in total. The Bertz CT molecular complexity index is 3330. The number of aliphatic hydroxyl groups is 1. The van der Waals surface area contributed by atoms with Gasteiger partial charge < -0.3 is 30.1 Å². The molecule has 6 heterocycles. The van der Waals surface area contributed by atoms with Crippen LogP contribution in [0.4, 0.5) is 42.4 Å². The molecule has 396 valence electrons. The number of nitro groups is 2. The Morgan fingerprint density at radius 3 is 1.52 bits per heavy atom. The summed E-state index contributed by atoms with van der Waals surface area (Å²) in [6.07, 6.45) is -0.638. The van der Waals surface area contributed by atoms with Crippen LogP contribution >= 0.6 is 31.9 Å². The Kier molecular flexibility index (Phi) is 18.8. The van der Waals surface area contributed by atoms with Crippen LogP contribution in [0.5, 0.6) is 5.75 Å². The van der Waals surface area contributed by atoms with E-state index in [1.165, 1.54) is 42.7 Å². The average Bonchev–Trinajstić information content (AvgIpc) is 4.07. The predicted octanol–water partition coefficient (Wildman–Crippen LogP) is 10.9. The summed E-state index contributed by atoms with van der Waals surface area (Å²) in [5.74, 6) is -3.20. The number of nitrogens with zero attached hydrogens (tertiary/aromatic N) is 12. The van der Waals surface area contributed by atoms with Crippen molar-refractivity contribution >= 4 is 43.5 Å². The van der Waals surface area contributed by atoms with Crippen LogP contribution in [0.1, 0.15) is 71.1 Å². The van der Waals surface area contributed by atoms with Crippen LogP contribution in [0.25, 0.3) is 22.5 Å². The van der Waals surface area contributed by atoms with E-state index in [9.17, 15) is 56.1 Å². The number of pyridine rings is 2. The largest absolute Gasteiger partial charge is 0.478 e. The normalized spacial score (nSPS) is 12.0. The molecule has 8 rings (SSSR count). The lowest BCUT2D eigenvalue weighted by Gasteiger charge is -2.18. The third kappa shape index (κ3) is 14.9. The van der Waals surface area contributed by atoms with Crippen molar-refractivity contribution < 1.29 is 50.4 Å². The quantitative estimate of drug-likeness (QED) is 0.0544. The first kappa shape index (κ1) is 56.9. The molecular weight excluding hydrogens is 1130 g/mol. The maximum atomic E-state index is 14.4. The van der Waals surface area contributed by atoms with Gasteiger partial charge in [-0.2, -0.15) is 24.8 Å². The van der Waals surface area contributed by atoms with Gasteiger partial charge in [0.25, 0.3) is 0 Å². The highest BCUT2D eigenvalue weighted by molar-refractivity contribution is 9.10. The zero-order valence-electron chi connectivity index (χ0n) is 40.5. The minimum absolute atomic E-state index is 0.0789. The lowest BCUT2D eigenvalue weighted by Crippen LogP contribution is -2.08. The Balaban J connectivity index is 0.000000209. The van der Waals surface area contributed by atoms with Crippen molar-refractivity contribution in [3.63, 3.8) is 0 Å². The summed E-state index contributed by atoms with van der Waals surface area (Å²) in [5, 5.41) is 48.8. The molecule has 0 aliphatic carbocycles. The van der Waals surface area contributed by atoms with E-state index in [2.05, 4.69) is 62.2 Å². The fourth-order valence-corrected chi connectivity index (χ4v) is 8.39. The number of aromatic nitrogens is 10. The third-order valence-electron chi connectivity index (χ3n) is 11.0. The van der Waals surface area contributed by atoms with Crippen molar-refractivity contribution in [3.8, 4) is 28.3 Å². The Morgan fingerprint density at radius 2 is 1.08 bits per heavy atom. The maximum Gasteiger partial charge on any atom is 0.406 e. The maximum absolute atomic E-state index is 14.4. The molecule has 0 fully saturated rings. The van der Waals surface area contributed by atoms with Gasteiger partial charge in [0.05, 0.1) is 50.7 Å². The number of alkyl halides is 4. The van der Waals surface area contributed by atoms with Crippen molar-refractivity contribution in [3.05, 3.63) is 177 Å². The lowest BCUT2D eigenvalue weighted by atomic mass is 9.96. The first-order valence-corrected chi connectivity index (χ1v) is 23.8. The van der Waals surface area contributed by atoms with E-state index in [1.54, 1.807) is 91.2 Å². The van der Waals surface area contributed by atoms with Gasteiger partial charge >= 0.3 is 11.6 Å². The summed E-state index contributed by atoms with van der Waals surface area (Å²) in [6, 6.07) is 14.1. The van der Waals surface area contributed by atoms with Crippen molar-refractivity contribution in [1.82, 2.24) is 49.1 Å². The van der Waals surface area contributed by atoms with Crippen LogP contribution in [0.15, 0.2) is 94.4 Å². The number of hydrogen-bond acceptors (Lipinski definition) is 12. The van der Waals surface area contributed by atoms with Crippen LogP contribution in [-0.4, -0.2) is 76.9 Å². The Hall–Kier alpha value is -7.39. The number of benzene rings is 2. The van der Waals surface area contributed by atoms with E-state index < -0.39 is 76.8 Å². The summed E-state index contributed by atoms with van der Waals surface area (Å²) in [4.78, 5) is 27.0. The molecule has 0 saturated heterocycles. The van der Waals surface area contributed by atoms with Crippen LogP contribution < -0.4 is 4.74 Å². The topological polar surface area (TPSA) is 213 Å². The van der Waals surface area contributed by atoms with Crippen molar-refractivity contribution in [2.75, 3.05) is 0 Å². The summed E-state index contributed by atoms with van der Waals surface area (Å²) in [5.41, 5.74) is 6.87. The number of aryl methyl sites for hydroxylation is 4. The molecule has 2 atom stereocenters. The van der Waals surface area contributed by atoms with Gasteiger partial charge in [0.2, 0.25) is 24.4 Å². The monoisotopic (exact) mass is 1180 g/mol. The Labute approximate surface area is 439 Å². The van der Waals surface area contributed by atoms with Crippen molar-refractivity contribution in [2.45, 2.75) is 64.6 Å². The number of rotatable bonds is 16. The third-order valence-corrected chi connectivity index (χ3v) is 11.9. The first-order valence-electron chi connectivity index (χ1n) is 22.2. The highest BCUT2D eigenvalue weighted by atomic mass is 79.9. The smallest absolute Gasteiger partial charge is 0.406 e. The van der Waals surface area contributed by atoms with Crippen molar-refractivity contribution in [1.29, 1.82) is 0 Å². The van der Waals surface area contributed by atoms with Gasteiger partial charge in [-0.3, -0.25) is 18.7 Å². The number of hydrogen-bond donors (Lipinski definition) is 1. The van der Waals surface area contributed by atoms with Gasteiger partial charge in [0.1, 0.15) is 17.7 Å². The minimum atomic E-state index is -2.50. The zero-order chi connectivity index (χ0) is 55.0. The number of ether oxygens (including phenoxy) is 1. The van der Waals surface area contributed by atoms with E-state index in [-0.39, 0.29) is 11.4 Å². The van der Waals surface area contributed by atoms with Crippen LogP contribution in [-0.2, 0) is 53.9 Å². The predicted molar refractivity (Wildman–Crippen MR) is 265 cm³/mol. The molecule has 0 amide bonds. The second-order valence-electron chi connectivity index (χ2n) is 16.7. The molecular formula is C48H45Br2F7N12O6. The van der Waals surface area contributed by atoms with Gasteiger partial charge in [-0.05, 0) is 120 Å². The van der Waals surface area contributed by atoms with Crippen LogP contribution in [0.3, 0.4) is 0 Å². The lowest BCUT2D eigenvalue weighted by molar-refractivity contribution is -0.392. The fourth-order valence-electron chi connectivity index (χ4n) is 7.78. The van der Waals surface area contributed by atoms with Gasteiger partial charge in [0.15, 0.2) is 12.4 Å². The van der Waals surface area contributed by atoms with E-state index in [4.69, 9.17) is 4.74 Å².